The van der Waals surface area contributed by atoms with Gasteiger partial charge in [-0.25, -0.2) is 5.43 Å². The Bertz CT molecular complexity index is 896. The number of hydrogen-bond donors (Lipinski definition) is 1. The molecule has 3 aromatic rings. The minimum atomic E-state index is -0.287. The molecule has 0 bridgehead atoms. The number of hydrazone groups is 1. The van der Waals surface area contributed by atoms with Crippen LogP contribution in [-0.4, -0.2) is 17.1 Å². The van der Waals surface area contributed by atoms with Gasteiger partial charge in [0.15, 0.2) is 0 Å². The zero-order valence-electron chi connectivity index (χ0n) is 13.8. The number of carbonyl (C=O) groups excluding carboxylic acids is 1. The summed E-state index contributed by atoms with van der Waals surface area (Å²) < 4.78 is 5.72. The van der Waals surface area contributed by atoms with Gasteiger partial charge in [0.05, 0.1) is 6.21 Å². The van der Waals surface area contributed by atoms with Gasteiger partial charge in [-0.2, -0.15) is 5.10 Å². The van der Waals surface area contributed by atoms with Gasteiger partial charge in [-0.05, 0) is 59.7 Å². The summed E-state index contributed by atoms with van der Waals surface area (Å²) in [4.78, 5) is 15.7. The van der Waals surface area contributed by atoms with Crippen molar-refractivity contribution >= 4 is 23.7 Å². The molecule has 0 aliphatic rings. The van der Waals surface area contributed by atoms with Crippen molar-refractivity contribution in [2.75, 3.05) is 0 Å². The molecule has 2 aromatic carbocycles. The number of nitrogens with zero attached hydrogens (tertiary/aromatic N) is 2. The zero-order chi connectivity index (χ0) is 18.2. The molecule has 5 nitrogen and oxygen atoms in total. The molecule has 0 saturated heterocycles. The van der Waals surface area contributed by atoms with Gasteiger partial charge in [0.2, 0.25) is 0 Å². The molecule has 1 aromatic heterocycles. The van der Waals surface area contributed by atoms with Crippen molar-refractivity contribution in [2.45, 2.75) is 6.61 Å². The first kappa shape index (κ1) is 17.6. The third kappa shape index (κ3) is 5.16. The number of benzene rings is 2. The summed E-state index contributed by atoms with van der Waals surface area (Å²) in [5, 5.41) is 4.64. The second kappa shape index (κ2) is 8.78. The van der Waals surface area contributed by atoms with Crippen molar-refractivity contribution < 1.29 is 9.53 Å². The van der Waals surface area contributed by atoms with Crippen molar-refractivity contribution in [2.24, 2.45) is 5.10 Å². The average molecular weight is 366 g/mol. The highest BCUT2D eigenvalue weighted by Gasteiger charge is 2.02. The van der Waals surface area contributed by atoms with Gasteiger partial charge in [-0.3, -0.25) is 9.78 Å². The molecule has 0 saturated carbocycles. The molecule has 130 valence electrons. The third-order valence-corrected chi connectivity index (χ3v) is 3.73. The van der Waals surface area contributed by atoms with Crippen molar-refractivity contribution in [3.05, 3.63) is 94.8 Å². The monoisotopic (exact) mass is 365 g/mol. The molecule has 0 aliphatic carbocycles. The second-order valence-corrected chi connectivity index (χ2v) is 5.86. The van der Waals surface area contributed by atoms with Crippen LogP contribution in [0.2, 0.25) is 5.02 Å². The number of pyridine rings is 1. The average Bonchev–Trinajstić information content (AvgIpc) is 2.68. The lowest BCUT2D eigenvalue weighted by atomic mass is 10.2. The van der Waals surface area contributed by atoms with E-state index in [0.717, 1.165) is 16.9 Å². The Morgan fingerprint density at radius 1 is 1.12 bits per heavy atom. The van der Waals surface area contributed by atoms with Gasteiger partial charge < -0.3 is 4.74 Å². The second-order valence-electron chi connectivity index (χ2n) is 5.42. The van der Waals surface area contributed by atoms with E-state index in [4.69, 9.17) is 16.3 Å². The van der Waals surface area contributed by atoms with Gasteiger partial charge in [-0.15, -0.1) is 0 Å². The fourth-order valence-electron chi connectivity index (χ4n) is 2.18. The summed E-state index contributed by atoms with van der Waals surface area (Å²) in [5.74, 6) is 0.452. The van der Waals surface area contributed by atoms with Crippen LogP contribution in [0.15, 0.2) is 78.2 Å². The van der Waals surface area contributed by atoms with Crippen LogP contribution in [-0.2, 0) is 6.61 Å². The summed E-state index contributed by atoms with van der Waals surface area (Å²) >= 11 is 5.95. The first-order valence-corrected chi connectivity index (χ1v) is 8.29. The Morgan fingerprint density at radius 2 is 1.88 bits per heavy atom. The predicted octanol–water partition coefficient (Wildman–Crippen LogP) is 4.08. The third-order valence-electron chi connectivity index (χ3n) is 3.50. The number of ether oxygens (including phenoxy) is 1. The Labute approximate surface area is 156 Å². The minimum absolute atomic E-state index is 0.287. The molecule has 0 unspecified atom stereocenters. The van der Waals surface area contributed by atoms with Gasteiger partial charge in [-0.1, -0.05) is 23.7 Å². The molecule has 0 fully saturated rings. The summed E-state index contributed by atoms with van der Waals surface area (Å²) in [6, 6.07) is 18.2. The molecular formula is C20H16ClN3O2. The van der Waals surface area contributed by atoms with Gasteiger partial charge in [0.1, 0.15) is 12.4 Å². The molecule has 6 heteroatoms. The highest BCUT2D eigenvalue weighted by molar-refractivity contribution is 6.30. The molecule has 0 radical (unpaired) electrons. The van der Waals surface area contributed by atoms with E-state index >= 15 is 0 Å². The topological polar surface area (TPSA) is 63.6 Å². The van der Waals surface area contributed by atoms with Crippen molar-refractivity contribution in [3.8, 4) is 5.75 Å². The lowest BCUT2D eigenvalue weighted by Gasteiger charge is -2.06. The maximum absolute atomic E-state index is 11.9. The molecule has 1 amide bonds. The first-order chi connectivity index (χ1) is 12.7. The molecule has 0 spiro atoms. The van der Waals surface area contributed by atoms with E-state index in [1.54, 1.807) is 30.7 Å². The lowest BCUT2D eigenvalue weighted by Crippen LogP contribution is -2.17. The molecule has 1 N–H and O–H groups in total. The van der Waals surface area contributed by atoms with E-state index in [1.807, 2.05) is 48.5 Å². The van der Waals surface area contributed by atoms with Crippen LogP contribution >= 0.6 is 11.6 Å². The van der Waals surface area contributed by atoms with Crippen LogP contribution in [0, 0.1) is 0 Å². The van der Waals surface area contributed by atoms with Crippen molar-refractivity contribution in [3.63, 3.8) is 0 Å². The number of amides is 1. The normalized spacial score (nSPS) is 10.7. The Kier molecular flexibility index (Phi) is 5.96. The highest BCUT2D eigenvalue weighted by Crippen LogP contribution is 2.15. The fraction of sp³-hybridized carbons (Fsp3) is 0.0500. The maximum atomic E-state index is 11.9. The summed E-state index contributed by atoms with van der Waals surface area (Å²) in [6.07, 6.45) is 4.68. The SMILES string of the molecule is O=C(N/N=C/c1ccc(OCc2cccc(Cl)c2)cc1)c1ccncc1. The van der Waals surface area contributed by atoms with Crippen LogP contribution < -0.4 is 10.2 Å². The van der Waals surface area contributed by atoms with Gasteiger partial charge in [0.25, 0.3) is 5.91 Å². The fourth-order valence-corrected chi connectivity index (χ4v) is 2.39. The van der Waals surface area contributed by atoms with Gasteiger partial charge in [0, 0.05) is 23.0 Å². The molecular weight excluding hydrogens is 350 g/mol. The van der Waals surface area contributed by atoms with Gasteiger partial charge >= 0.3 is 0 Å². The molecule has 0 aliphatic heterocycles. The summed E-state index contributed by atoms with van der Waals surface area (Å²) in [5.41, 5.74) is 4.82. The van der Waals surface area contributed by atoms with Crippen molar-refractivity contribution in [1.82, 2.24) is 10.4 Å². The quantitative estimate of drug-likeness (QED) is 0.529. The molecule has 0 atom stereocenters. The van der Waals surface area contributed by atoms with E-state index in [-0.39, 0.29) is 5.91 Å². The van der Waals surface area contributed by atoms with E-state index in [9.17, 15) is 4.79 Å². The Hall–Kier alpha value is -3.18. The standard InChI is InChI=1S/C20H16ClN3O2/c21-18-3-1-2-16(12-18)14-26-19-6-4-15(5-7-19)13-23-24-20(25)17-8-10-22-11-9-17/h1-13H,14H2,(H,24,25)/b23-13+. The molecule has 26 heavy (non-hydrogen) atoms. The largest absolute Gasteiger partial charge is 0.489 e. The van der Waals surface area contributed by atoms with E-state index in [2.05, 4.69) is 15.5 Å². The van der Waals surface area contributed by atoms with Crippen LogP contribution in [0.5, 0.6) is 5.75 Å². The van der Waals surface area contributed by atoms with Crippen LogP contribution in [0.1, 0.15) is 21.5 Å². The first-order valence-electron chi connectivity index (χ1n) is 7.91. The predicted molar refractivity (Wildman–Crippen MR) is 102 cm³/mol. The number of halogens is 1. The Balaban J connectivity index is 1.52. The minimum Gasteiger partial charge on any atom is -0.489 e. The summed E-state index contributed by atoms with van der Waals surface area (Å²) in [6.45, 7) is 0.440. The van der Waals surface area contributed by atoms with E-state index in [0.29, 0.717) is 17.2 Å². The molecule has 3 rings (SSSR count). The smallest absolute Gasteiger partial charge is 0.271 e. The Morgan fingerprint density at radius 3 is 2.62 bits per heavy atom. The number of hydrogen-bond acceptors (Lipinski definition) is 4. The highest BCUT2D eigenvalue weighted by atomic mass is 35.5. The summed E-state index contributed by atoms with van der Waals surface area (Å²) in [7, 11) is 0. The van der Waals surface area contributed by atoms with Crippen LogP contribution in [0.25, 0.3) is 0 Å². The molecule has 1 heterocycles. The zero-order valence-corrected chi connectivity index (χ0v) is 14.6. The van der Waals surface area contributed by atoms with Crippen LogP contribution in [0.3, 0.4) is 0 Å². The van der Waals surface area contributed by atoms with Crippen LogP contribution in [0.4, 0.5) is 0 Å². The number of rotatable bonds is 6. The maximum Gasteiger partial charge on any atom is 0.271 e. The van der Waals surface area contributed by atoms with E-state index in [1.165, 1.54) is 0 Å². The lowest BCUT2D eigenvalue weighted by molar-refractivity contribution is 0.0955. The number of aromatic nitrogens is 1. The number of nitrogens with one attached hydrogen (secondary N) is 1. The number of carbonyl (C=O) groups is 1. The van der Waals surface area contributed by atoms with E-state index < -0.39 is 0 Å². The van der Waals surface area contributed by atoms with Crippen molar-refractivity contribution in [1.29, 1.82) is 0 Å².